The monoisotopic (exact) mass is 767 g/mol. The van der Waals surface area contributed by atoms with Crippen LogP contribution in [0.3, 0.4) is 0 Å². The van der Waals surface area contributed by atoms with E-state index in [0.29, 0.717) is 23.4 Å². The number of aryl methyl sites for hydroxylation is 1. The minimum absolute atomic E-state index is 0.0799. The second kappa shape index (κ2) is 16.8. The number of hydrogen-bond donors (Lipinski definition) is 4. The zero-order valence-corrected chi connectivity index (χ0v) is 31.6. The van der Waals surface area contributed by atoms with Crippen LogP contribution in [0.4, 0.5) is 28.8 Å². The number of halogens is 1. The SMILES string of the molecule is COc1cc(N2CCC(C(OCCO)OCCO)CC2)c(-c2cnn(C)c2)cc1Nc1ncc(Br)c(Nc2ccc(C3CC3)cc2P(C)C)n1. The predicted octanol–water partition coefficient (Wildman–Crippen LogP) is 5.94. The van der Waals surface area contributed by atoms with E-state index in [9.17, 15) is 10.2 Å². The molecule has 0 unspecified atom stereocenters. The van der Waals surface area contributed by atoms with Gasteiger partial charge in [-0.05, 0) is 89.9 Å². The van der Waals surface area contributed by atoms with Gasteiger partial charge in [0.15, 0.2) is 6.29 Å². The molecule has 0 radical (unpaired) electrons. The quantitative estimate of drug-likeness (QED) is 0.0796. The van der Waals surface area contributed by atoms with Gasteiger partial charge in [-0.15, -0.1) is 0 Å². The summed E-state index contributed by atoms with van der Waals surface area (Å²) in [4.78, 5) is 11.8. The molecule has 1 saturated heterocycles. The molecule has 0 spiro atoms. The summed E-state index contributed by atoms with van der Waals surface area (Å²) in [5.74, 6) is 2.61. The summed E-state index contributed by atoms with van der Waals surface area (Å²) >= 11 is 3.66. The lowest BCUT2D eigenvalue weighted by Gasteiger charge is -2.37. The van der Waals surface area contributed by atoms with E-state index in [2.05, 4.69) is 85.2 Å². The molecule has 0 bridgehead atoms. The topological polar surface area (TPSA) is 139 Å². The molecule has 2 fully saturated rings. The molecule has 12 nitrogen and oxygen atoms in total. The van der Waals surface area contributed by atoms with Crippen LogP contribution in [0.5, 0.6) is 5.75 Å². The van der Waals surface area contributed by atoms with Gasteiger partial charge in [0.1, 0.15) is 11.6 Å². The van der Waals surface area contributed by atoms with E-state index in [1.807, 2.05) is 19.4 Å². The van der Waals surface area contributed by atoms with Gasteiger partial charge in [-0.1, -0.05) is 14.0 Å². The van der Waals surface area contributed by atoms with E-state index in [1.54, 1.807) is 18.0 Å². The summed E-state index contributed by atoms with van der Waals surface area (Å²) in [5, 5.41) is 31.4. The number of ether oxygens (including phenoxy) is 3. The highest BCUT2D eigenvalue weighted by Gasteiger charge is 2.30. The Labute approximate surface area is 303 Å². The maximum absolute atomic E-state index is 9.30. The predicted molar refractivity (Wildman–Crippen MR) is 203 cm³/mol. The number of rotatable bonds is 16. The van der Waals surface area contributed by atoms with Crippen molar-refractivity contribution in [2.45, 2.75) is 37.9 Å². The highest BCUT2D eigenvalue weighted by molar-refractivity contribution is 9.10. The molecule has 6 rings (SSSR count). The van der Waals surface area contributed by atoms with Crippen LogP contribution in [0, 0.1) is 5.92 Å². The number of aliphatic hydroxyl groups is 2. The summed E-state index contributed by atoms with van der Waals surface area (Å²) in [6.07, 6.45) is 9.35. The maximum Gasteiger partial charge on any atom is 0.229 e. The van der Waals surface area contributed by atoms with E-state index in [4.69, 9.17) is 19.2 Å². The molecule has 268 valence electrons. The van der Waals surface area contributed by atoms with Gasteiger partial charge in [0, 0.05) is 67.0 Å². The zero-order valence-electron chi connectivity index (χ0n) is 29.1. The summed E-state index contributed by atoms with van der Waals surface area (Å²) in [6, 6.07) is 10.9. The summed E-state index contributed by atoms with van der Waals surface area (Å²) in [6.45, 7) is 6.32. The first-order valence-corrected chi connectivity index (χ1v) is 20.1. The summed E-state index contributed by atoms with van der Waals surface area (Å²) < 4.78 is 20.1. The number of anilines is 5. The van der Waals surface area contributed by atoms with Gasteiger partial charge < -0.3 is 40.0 Å². The second-order valence-corrected chi connectivity index (χ2v) is 16.1. The highest BCUT2D eigenvalue weighted by Crippen LogP contribution is 2.43. The van der Waals surface area contributed by atoms with E-state index in [0.717, 1.165) is 58.6 Å². The fourth-order valence-electron chi connectivity index (χ4n) is 6.42. The average molecular weight is 769 g/mol. The van der Waals surface area contributed by atoms with E-state index < -0.39 is 6.29 Å². The van der Waals surface area contributed by atoms with Crippen molar-refractivity contribution in [3.8, 4) is 16.9 Å². The standard InChI is InChI=1S/C36H47BrN7O5P/c1-43-22-26(20-39-43)27-18-30(32(47-2)19-31(27)44-11-9-24(10-12-44)35(48-15-13-45)49-16-14-46)41-36-38-21-28(37)34(42-36)40-29-8-7-25(23-5-6-23)17-33(29)50(3)4/h7-8,17-24,35,45-46H,5-6,9-16H2,1-4H3,(H2,38,40,41,42). The molecule has 2 aromatic heterocycles. The number of hydrogen-bond acceptors (Lipinski definition) is 11. The fourth-order valence-corrected chi connectivity index (χ4v) is 7.73. The number of methoxy groups -OCH3 is 1. The van der Waals surface area contributed by atoms with Crippen LogP contribution in [0.25, 0.3) is 11.1 Å². The summed E-state index contributed by atoms with van der Waals surface area (Å²) in [5.41, 5.74) is 6.22. The number of piperidine rings is 1. The van der Waals surface area contributed by atoms with Crippen LogP contribution < -0.4 is 25.6 Å². The van der Waals surface area contributed by atoms with Gasteiger partial charge in [-0.25, -0.2) is 4.98 Å². The third-order valence-corrected chi connectivity index (χ3v) is 11.1. The lowest BCUT2D eigenvalue weighted by molar-refractivity contribution is -0.183. The van der Waals surface area contributed by atoms with Crippen LogP contribution in [0.1, 0.15) is 37.2 Å². The van der Waals surface area contributed by atoms with Gasteiger partial charge in [-0.2, -0.15) is 10.1 Å². The number of benzene rings is 2. The largest absolute Gasteiger partial charge is 0.494 e. The lowest BCUT2D eigenvalue weighted by Crippen LogP contribution is -2.40. The van der Waals surface area contributed by atoms with Crippen LogP contribution in [-0.4, -0.2) is 96.2 Å². The Morgan fingerprint density at radius 3 is 2.34 bits per heavy atom. The van der Waals surface area contributed by atoms with Crippen molar-refractivity contribution < 1.29 is 24.4 Å². The Balaban J connectivity index is 1.26. The molecule has 1 aliphatic heterocycles. The minimum Gasteiger partial charge on any atom is -0.494 e. The van der Waals surface area contributed by atoms with Crippen LogP contribution in [0.2, 0.25) is 0 Å². The van der Waals surface area contributed by atoms with Gasteiger partial charge in [0.2, 0.25) is 5.95 Å². The molecular weight excluding hydrogens is 721 g/mol. The van der Waals surface area contributed by atoms with Crippen molar-refractivity contribution in [1.29, 1.82) is 0 Å². The van der Waals surface area contributed by atoms with Crippen molar-refractivity contribution >= 4 is 58.0 Å². The van der Waals surface area contributed by atoms with Gasteiger partial charge in [0.05, 0.1) is 49.9 Å². The third kappa shape index (κ3) is 8.75. The Bertz CT molecular complexity index is 1740. The number of nitrogens with one attached hydrogen (secondary N) is 2. The number of aliphatic hydroxyl groups excluding tert-OH is 2. The zero-order chi connectivity index (χ0) is 35.2. The normalized spacial score (nSPS) is 15.3. The number of nitrogens with zero attached hydrogens (tertiary/aromatic N) is 5. The van der Waals surface area contributed by atoms with Gasteiger partial charge in [-0.3, -0.25) is 4.68 Å². The van der Waals surface area contributed by atoms with Crippen LogP contribution >= 0.6 is 23.9 Å². The first kappa shape index (κ1) is 36.5. The average Bonchev–Trinajstić information content (AvgIpc) is 3.89. The maximum atomic E-state index is 9.30. The molecule has 1 saturated carbocycles. The smallest absolute Gasteiger partial charge is 0.229 e. The molecule has 50 heavy (non-hydrogen) atoms. The van der Waals surface area contributed by atoms with Gasteiger partial charge in [0.25, 0.3) is 0 Å². The third-order valence-electron chi connectivity index (χ3n) is 9.14. The van der Waals surface area contributed by atoms with Crippen LogP contribution in [0.15, 0.2) is 53.4 Å². The first-order chi connectivity index (χ1) is 24.3. The molecule has 4 N–H and O–H groups in total. The minimum atomic E-state index is -0.472. The highest BCUT2D eigenvalue weighted by atomic mass is 79.9. The van der Waals surface area contributed by atoms with Crippen molar-refractivity contribution in [3.05, 3.63) is 59.0 Å². The Morgan fingerprint density at radius 1 is 0.980 bits per heavy atom. The van der Waals surface area contributed by atoms with E-state index in [-0.39, 0.29) is 40.3 Å². The second-order valence-electron chi connectivity index (χ2n) is 12.9. The number of aromatic nitrogens is 4. The molecule has 0 amide bonds. The lowest BCUT2D eigenvalue weighted by atomic mass is 9.94. The molecule has 4 aromatic rings. The molecule has 2 aromatic carbocycles. The Hall–Kier alpha value is -3.32. The van der Waals surface area contributed by atoms with Crippen molar-refractivity contribution in [3.63, 3.8) is 0 Å². The van der Waals surface area contributed by atoms with Gasteiger partial charge >= 0.3 is 0 Å². The fraction of sp³-hybridized carbons (Fsp3) is 0.472. The molecule has 14 heteroatoms. The Morgan fingerprint density at radius 2 is 1.72 bits per heavy atom. The van der Waals surface area contributed by atoms with Crippen LogP contribution in [-0.2, 0) is 16.5 Å². The van der Waals surface area contributed by atoms with Crippen molar-refractivity contribution in [2.24, 2.45) is 13.0 Å². The molecule has 3 heterocycles. The molecule has 1 aliphatic carbocycles. The van der Waals surface area contributed by atoms with E-state index >= 15 is 0 Å². The van der Waals surface area contributed by atoms with Crippen molar-refractivity contribution in [1.82, 2.24) is 19.7 Å². The van der Waals surface area contributed by atoms with Crippen molar-refractivity contribution in [2.75, 3.05) is 75.5 Å². The molecule has 0 atom stereocenters. The molecule has 2 aliphatic rings. The van der Waals surface area contributed by atoms with E-state index in [1.165, 1.54) is 23.7 Å². The first-order valence-electron chi connectivity index (χ1n) is 17.1. The Kier molecular flexibility index (Phi) is 12.3. The summed E-state index contributed by atoms with van der Waals surface area (Å²) in [7, 11) is 3.24. The molecular formula is C36H47BrN7O5P.